The smallest absolute Gasteiger partial charge is 0.325 e. The summed E-state index contributed by atoms with van der Waals surface area (Å²) in [5.41, 5.74) is -5.76. The number of amides is 1. The minimum absolute atomic E-state index is 0.0405. The summed E-state index contributed by atoms with van der Waals surface area (Å²) in [4.78, 5) is 78.2. The Morgan fingerprint density at radius 3 is 2.55 bits per heavy atom. The maximum absolute atomic E-state index is 17.6. The van der Waals surface area contributed by atoms with E-state index >= 15 is 4.39 Å². The van der Waals surface area contributed by atoms with Crippen molar-refractivity contribution in [3.05, 3.63) is 33.9 Å². The average molecular weight is 665 g/mol. The molecule has 4 aliphatic rings. The Labute approximate surface area is 272 Å². The minimum atomic E-state index is -2.14. The van der Waals surface area contributed by atoms with Crippen LogP contribution < -0.4 is 5.32 Å². The van der Waals surface area contributed by atoms with E-state index in [2.05, 4.69) is 10.2 Å². The van der Waals surface area contributed by atoms with Crippen molar-refractivity contribution in [1.82, 2.24) is 5.32 Å². The maximum Gasteiger partial charge on any atom is 0.325 e. The number of hydrogen-bond acceptors (Lipinski definition) is 11. The van der Waals surface area contributed by atoms with Gasteiger partial charge in [0.1, 0.15) is 6.54 Å². The number of rotatable bonds is 14. The van der Waals surface area contributed by atoms with E-state index in [9.17, 15) is 39.2 Å². The summed E-state index contributed by atoms with van der Waals surface area (Å²) in [6, 6.07) is 0. The molecule has 8 atom stereocenters. The fourth-order valence-electron chi connectivity index (χ4n) is 8.92. The van der Waals surface area contributed by atoms with Gasteiger partial charge in [0.05, 0.1) is 12.7 Å². The Morgan fingerprint density at radius 1 is 1.15 bits per heavy atom. The highest BCUT2D eigenvalue weighted by Gasteiger charge is 2.77. The molecule has 0 spiro atoms. The zero-order valence-electron chi connectivity index (χ0n) is 27.4. The van der Waals surface area contributed by atoms with Crippen LogP contribution in [-0.4, -0.2) is 76.7 Å². The standard InChI is InChI=1S/C33H45FN2O11/c1-5-28(41)47-33(26(39)19-45-29(42)18-35-27(40)9-7-6-8-14-46-36(43)44)20(2)15-24-23-11-10-21-16-22(37)12-13-30(21,3)32(23,34)25(38)17-31(24,33)4/h12-13,16,20,23-25,38H,5-11,14-15,17-19H2,1-4H3,(H,35,40)/t20-,23?,24?,25-,30-,31-,32-,33-/m0/s1. The van der Waals surface area contributed by atoms with Gasteiger partial charge in [0.25, 0.3) is 5.09 Å². The van der Waals surface area contributed by atoms with Gasteiger partial charge in [-0.25, -0.2) is 4.39 Å². The van der Waals surface area contributed by atoms with E-state index in [0.29, 0.717) is 44.1 Å². The third kappa shape index (κ3) is 6.32. The lowest BCUT2D eigenvalue weighted by Gasteiger charge is -2.62. The molecule has 3 saturated carbocycles. The van der Waals surface area contributed by atoms with E-state index in [0.717, 1.165) is 0 Å². The molecule has 13 nitrogen and oxygen atoms in total. The molecule has 0 bridgehead atoms. The molecule has 47 heavy (non-hydrogen) atoms. The molecule has 0 aromatic heterocycles. The molecule has 0 aliphatic heterocycles. The van der Waals surface area contributed by atoms with Crippen molar-refractivity contribution in [2.24, 2.45) is 28.6 Å². The number of fused-ring (bicyclic) bond motifs is 5. The molecule has 260 valence electrons. The van der Waals surface area contributed by atoms with Crippen LogP contribution >= 0.6 is 0 Å². The van der Waals surface area contributed by atoms with Crippen molar-refractivity contribution in [3.63, 3.8) is 0 Å². The molecule has 14 heteroatoms. The molecule has 0 aromatic rings. The number of allylic oxidation sites excluding steroid dienone is 4. The Balaban J connectivity index is 1.47. The van der Waals surface area contributed by atoms with Crippen LogP contribution in [0.15, 0.2) is 23.8 Å². The number of Topliss-reactive ketones (excluding diaryl/α,β-unsaturated/α-hetero) is 1. The van der Waals surface area contributed by atoms with Crippen molar-refractivity contribution in [1.29, 1.82) is 0 Å². The Kier molecular flexibility index (Phi) is 10.6. The van der Waals surface area contributed by atoms with Gasteiger partial charge in [-0.15, -0.1) is 10.1 Å². The van der Waals surface area contributed by atoms with Gasteiger partial charge in [0, 0.05) is 35.5 Å². The molecular formula is C33H45FN2O11. The summed E-state index contributed by atoms with van der Waals surface area (Å²) in [6.45, 7) is 5.42. The molecule has 4 aliphatic carbocycles. The number of aliphatic hydroxyl groups is 1. The van der Waals surface area contributed by atoms with Crippen LogP contribution in [0.1, 0.15) is 85.5 Å². The first-order chi connectivity index (χ1) is 22.1. The van der Waals surface area contributed by atoms with Gasteiger partial charge >= 0.3 is 11.9 Å². The zero-order chi connectivity index (χ0) is 34.8. The molecule has 1 amide bonds. The number of unbranched alkanes of at least 4 members (excludes halogenated alkanes) is 2. The lowest BCUT2D eigenvalue weighted by atomic mass is 9.44. The molecule has 0 saturated heterocycles. The summed E-state index contributed by atoms with van der Waals surface area (Å²) in [7, 11) is 0. The quantitative estimate of drug-likeness (QED) is 0.120. The van der Waals surface area contributed by atoms with Crippen LogP contribution in [0, 0.1) is 38.7 Å². The molecule has 4 rings (SSSR count). The zero-order valence-corrected chi connectivity index (χ0v) is 27.4. The number of esters is 2. The number of aliphatic hydroxyl groups excluding tert-OH is 1. The number of halogens is 1. The van der Waals surface area contributed by atoms with Crippen molar-refractivity contribution >= 4 is 29.4 Å². The number of hydrogen-bond donors (Lipinski definition) is 2. The number of nitrogens with one attached hydrogen (secondary N) is 1. The molecule has 0 aromatic carbocycles. The van der Waals surface area contributed by atoms with E-state index in [1.165, 1.54) is 12.2 Å². The first-order valence-electron chi connectivity index (χ1n) is 16.3. The highest BCUT2D eigenvalue weighted by Crippen LogP contribution is 2.71. The number of nitrogens with zero attached hydrogens (tertiary/aromatic N) is 1. The summed E-state index contributed by atoms with van der Waals surface area (Å²) in [5.74, 6) is -4.70. The number of alkyl halides is 1. The van der Waals surface area contributed by atoms with E-state index in [-0.39, 0.29) is 31.7 Å². The van der Waals surface area contributed by atoms with Gasteiger partial charge in [-0.05, 0) is 63.5 Å². The fourth-order valence-corrected chi connectivity index (χ4v) is 8.92. The average Bonchev–Trinajstić information content (AvgIpc) is 3.23. The summed E-state index contributed by atoms with van der Waals surface area (Å²) >= 11 is 0. The number of ether oxygens (including phenoxy) is 2. The summed E-state index contributed by atoms with van der Waals surface area (Å²) in [5, 5.41) is 23.4. The SMILES string of the molecule is CCC(=O)O[C@]1(C(=O)COC(=O)CNC(=O)CCCCCO[N+](=O)[O-])[C@@H](C)CC2C3CCC4=CC(=O)C=C[C@]4(C)[C@@]3(F)[C@@H](O)C[C@@]21C. The van der Waals surface area contributed by atoms with Crippen molar-refractivity contribution in [3.8, 4) is 0 Å². The van der Waals surface area contributed by atoms with Crippen LogP contribution in [0.25, 0.3) is 0 Å². The third-order valence-electron chi connectivity index (χ3n) is 11.2. The molecular weight excluding hydrogens is 619 g/mol. The number of carbonyl (C=O) groups is 5. The van der Waals surface area contributed by atoms with Gasteiger partial charge < -0.3 is 24.7 Å². The number of ketones is 2. The van der Waals surface area contributed by atoms with Crippen molar-refractivity contribution < 1.29 is 52.9 Å². The van der Waals surface area contributed by atoms with Crippen LogP contribution in [0.4, 0.5) is 4.39 Å². The third-order valence-corrected chi connectivity index (χ3v) is 11.2. The van der Waals surface area contributed by atoms with Crippen LogP contribution in [0.3, 0.4) is 0 Å². The minimum Gasteiger partial charge on any atom is -0.456 e. The van der Waals surface area contributed by atoms with Gasteiger partial charge in [0.2, 0.25) is 11.7 Å². The van der Waals surface area contributed by atoms with Crippen LogP contribution in [0.5, 0.6) is 0 Å². The number of carbonyl (C=O) groups excluding carboxylic acids is 5. The van der Waals surface area contributed by atoms with Crippen LogP contribution in [0.2, 0.25) is 0 Å². The molecule has 0 radical (unpaired) electrons. The topological polar surface area (TPSA) is 188 Å². The Morgan fingerprint density at radius 2 is 1.87 bits per heavy atom. The monoisotopic (exact) mass is 664 g/mol. The molecule has 3 fully saturated rings. The predicted octanol–water partition coefficient (Wildman–Crippen LogP) is 3.29. The van der Waals surface area contributed by atoms with Gasteiger partial charge in [-0.2, -0.15) is 0 Å². The first-order valence-corrected chi connectivity index (χ1v) is 16.3. The first kappa shape index (κ1) is 36.2. The maximum atomic E-state index is 17.6. The van der Waals surface area contributed by atoms with Gasteiger partial charge in [-0.1, -0.05) is 38.8 Å². The molecule has 0 heterocycles. The highest BCUT2D eigenvalue weighted by atomic mass is 19.1. The summed E-state index contributed by atoms with van der Waals surface area (Å²) in [6.07, 6.45) is 4.99. The molecule has 2 unspecified atom stereocenters. The largest absolute Gasteiger partial charge is 0.456 e. The normalized spacial score (nSPS) is 35.4. The van der Waals surface area contributed by atoms with E-state index in [1.54, 1.807) is 33.8 Å². The van der Waals surface area contributed by atoms with Gasteiger partial charge in [-0.3, -0.25) is 24.0 Å². The lowest BCUT2D eigenvalue weighted by molar-refractivity contribution is -0.757. The highest BCUT2D eigenvalue weighted by molar-refractivity contribution is 6.01. The van der Waals surface area contributed by atoms with Crippen molar-refractivity contribution in [2.75, 3.05) is 19.8 Å². The predicted molar refractivity (Wildman–Crippen MR) is 162 cm³/mol. The van der Waals surface area contributed by atoms with E-state index in [4.69, 9.17) is 9.47 Å². The Hall–Kier alpha value is -3.68. The second-order valence-corrected chi connectivity index (χ2v) is 13.7. The Bertz CT molecular complexity index is 1370. The van der Waals surface area contributed by atoms with Crippen LogP contribution in [-0.2, 0) is 38.3 Å². The second kappa shape index (κ2) is 13.8. The molecule has 2 N–H and O–H groups in total. The lowest BCUT2D eigenvalue weighted by Crippen LogP contribution is -2.70. The fraction of sp³-hybridized carbons (Fsp3) is 0.727. The summed E-state index contributed by atoms with van der Waals surface area (Å²) < 4.78 is 28.8. The van der Waals surface area contributed by atoms with E-state index in [1.807, 2.05) is 0 Å². The second-order valence-electron chi connectivity index (χ2n) is 13.7. The van der Waals surface area contributed by atoms with Gasteiger partial charge in [0.15, 0.2) is 23.7 Å². The van der Waals surface area contributed by atoms with E-state index < -0.39 is 87.8 Å². The van der Waals surface area contributed by atoms with Crippen molar-refractivity contribution in [2.45, 2.75) is 103 Å².